The maximum Gasteiger partial charge on any atom is 0.195 e. The van der Waals surface area contributed by atoms with E-state index < -0.39 is 0 Å². The molecule has 2 heterocycles. The molecule has 9 rings (SSSR count). The van der Waals surface area contributed by atoms with Crippen molar-refractivity contribution in [1.29, 1.82) is 10.5 Å². The zero-order valence-electron chi connectivity index (χ0n) is 26.7. The first kappa shape index (κ1) is 28.8. The average molecular weight is 636 g/mol. The second-order valence-corrected chi connectivity index (χ2v) is 12.2. The molecule has 0 saturated carbocycles. The lowest BCUT2D eigenvalue weighted by Gasteiger charge is -2.18. The van der Waals surface area contributed by atoms with Gasteiger partial charge in [-0.1, -0.05) is 91.0 Å². The maximum atomic E-state index is 10.0. The maximum absolute atomic E-state index is 10.0. The lowest BCUT2D eigenvalue weighted by molar-refractivity contribution is 1.18. The standard InChI is InChI=1S/C45H25N5/c1-48-38-15-9-14-33(30-21-23-32(24-22-30)49-39-16-5-2-11-34(39)37-26-29(27-46)20-25-42(37)49)45(38)36-13-4-7-18-41(36)50-40-17-6-3-12-35(40)44-31(28-47)10-8-19-43(44)50/h2-26H. The van der Waals surface area contributed by atoms with E-state index in [1.54, 1.807) is 0 Å². The molecule has 0 aliphatic carbocycles. The predicted octanol–water partition coefficient (Wildman–Crippen LogP) is 11.5. The first-order chi connectivity index (χ1) is 24.7. The van der Waals surface area contributed by atoms with Gasteiger partial charge in [0.25, 0.3) is 0 Å². The summed E-state index contributed by atoms with van der Waals surface area (Å²) < 4.78 is 4.45. The summed E-state index contributed by atoms with van der Waals surface area (Å²) in [6.07, 6.45) is 0. The number of rotatable bonds is 4. The summed E-state index contributed by atoms with van der Waals surface area (Å²) in [5.74, 6) is 0. The minimum Gasteiger partial charge on any atom is -0.309 e. The molecule has 0 aliphatic rings. The minimum absolute atomic E-state index is 0.563. The molecule has 5 heteroatoms. The van der Waals surface area contributed by atoms with Crippen molar-refractivity contribution in [3.63, 3.8) is 0 Å². The van der Waals surface area contributed by atoms with E-state index in [1.807, 2.05) is 78.9 Å². The van der Waals surface area contributed by atoms with Gasteiger partial charge in [0.05, 0.1) is 57.6 Å². The van der Waals surface area contributed by atoms with Crippen LogP contribution in [0.5, 0.6) is 0 Å². The number of aromatic nitrogens is 2. The minimum atomic E-state index is 0.563. The third kappa shape index (κ3) is 4.24. The second kappa shape index (κ2) is 11.4. The normalized spacial score (nSPS) is 11.1. The van der Waals surface area contributed by atoms with Crippen molar-refractivity contribution < 1.29 is 0 Å². The molecular weight excluding hydrogens is 611 g/mol. The van der Waals surface area contributed by atoms with Crippen LogP contribution in [0.2, 0.25) is 0 Å². The molecule has 0 aliphatic heterocycles. The van der Waals surface area contributed by atoms with Gasteiger partial charge >= 0.3 is 0 Å². The van der Waals surface area contributed by atoms with E-state index >= 15 is 0 Å². The van der Waals surface area contributed by atoms with Gasteiger partial charge in [-0.25, -0.2) is 4.85 Å². The summed E-state index contributed by atoms with van der Waals surface area (Å²) in [6.45, 7) is 8.22. The van der Waals surface area contributed by atoms with Gasteiger partial charge in [0.1, 0.15) is 0 Å². The van der Waals surface area contributed by atoms with Gasteiger partial charge in [0, 0.05) is 27.2 Å². The molecule has 9 aromatic rings. The number of fused-ring (bicyclic) bond motifs is 6. The third-order valence-electron chi connectivity index (χ3n) is 9.63. The molecule has 0 unspecified atom stereocenters. The highest BCUT2D eigenvalue weighted by Crippen LogP contribution is 2.44. The number of benzene rings is 7. The molecule has 0 N–H and O–H groups in total. The Balaban J connectivity index is 1.25. The Bertz CT molecular complexity index is 2960. The van der Waals surface area contributed by atoms with Gasteiger partial charge < -0.3 is 9.13 Å². The van der Waals surface area contributed by atoms with Crippen LogP contribution in [-0.4, -0.2) is 9.13 Å². The van der Waals surface area contributed by atoms with Crippen molar-refractivity contribution in [3.05, 3.63) is 174 Å². The van der Waals surface area contributed by atoms with Crippen molar-refractivity contribution in [2.45, 2.75) is 0 Å². The zero-order valence-corrected chi connectivity index (χ0v) is 26.7. The smallest absolute Gasteiger partial charge is 0.195 e. The van der Waals surface area contributed by atoms with Crippen molar-refractivity contribution in [2.24, 2.45) is 0 Å². The SMILES string of the molecule is [C-]#[N+]c1cccc(-c2ccc(-n3c4ccccc4c4cc(C#N)ccc43)cc2)c1-c1ccccc1-n1c2ccccc2c2c(C#N)cccc21. The Morgan fingerprint density at radius 2 is 1.18 bits per heavy atom. The van der Waals surface area contributed by atoms with Gasteiger partial charge in [0.2, 0.25) is 0 Å². The van der Waals surface area contributed by atoms with E-state index in [9.17, 15) is 10.5 Å². The van der Waals surface area contributed by atoms with Crippen LogP contribution in [0.15, 0.2) is 152 Å². The fourth-order valence-corrected chi connectivity index (χ4v) is 7.52. The first-order valence-electron chi connectivity index (χ1n) is 16.3. The van der Waals surface area contributed by atoms with Crippen LogP contribution in [0.4, 0.5) is 5.69 Å². The molecule has 7 aromatic carbocycles. The molecule has 5 nitrogen and oxygen atoms in total. The van der Waals surface area contributed by atoms with Gasteiger partial charge in [0.15, 0.2) is 5.69 Å². The Morgan fingerprint density at radius 1 is 0.520 bits per heavy atom. The lowest BCUT2D eigenvalue weighted by atomic mass is 9.92. The third-order valence-corrected chi connectivity index (χ3v) is 9.63. The summed E-state index contributed by atoms with van der Waals surface area (Å²) >= 11 is 0. The van der Waals surface area contributed by atoms with Crippen LogP contribution in [0.1, 0.15) is 11.1 Å². The van der Waals surface area contributed by atoms with Crippen LogP contribution in [0, 0.1) is 29.2 Å². The van der Waals surface area contributed by atoms with Gasteiger partial charge in [-0.05, 0) is 82.9 Å². The summed E-state index contributed by atoms with van der Waals surface area (Å²) in [4.78, 5) is 4.02. The first-order valence-corrected chi connectivity index (χ1v) is 16.3. The van der Waals surface area contributed by atoms with Crippen LogP contribution in [0.25, 0.3) is 82.1 Å². The highest BCUT2D eigenvalue weighted by atomic mass is 15.0. The summed E-state index contributed by atoms with van der Waals surface area (Å²) in [5, 5.41) is 23.7. The summed E-state index contributed by atoms with van der Waals surface area (Å²) in [7, 11) is 0. The Labute approximate surface area is 288 Å². The van der Waals surface area contributed by atoms with Crippen molar-refractivity contribution in [3.8, 4) is 45.8 Å². The largest absolute Gasteiger partial charge is 0.309 e. The molecular formula is C45H25N5. The molecule has 230 valence electrons. The van der Waals surface area contributed by atoms with E-state index in [0.29, 0.717) is 16.8 Å². The molecule has 0 radical (unpaired) electrons. The molecule has 2 aromatic heterocycles. The highest BCUT2D eigenvalue weighted by Gasteiger charge is 2.21. The van der Waals surface area contributed by atoms with Crippen molar-refractivity contribution in [2.75, 3.05) is 0 Å². The van der Waals surface area contributed by atoms with E-state index in [0.717, 1.165) is 77.2 Å². The van der Waals surface area contributed by atoms with E-state index in [4.69, 9.17) is 6.57 Å². The molecule has 0 amide bonds. The highest BCUT2D eigenvalue weighted by molar-refractivity contribution is 6.13. The Morgan fingerprint density at radius 3 is 1.96 bits per heavy atom. The van der Waals surface area contributed by atoms with Crippen LogP contribution in [-0.2, 0) is 0 Å². The van der Waals surface area contributed by atoms with Crippen LogP contribution >= 0.6 is 0 Å². The molecule has 0 saturated heterocycles. The van der Waals surface area contributed by atoms with Gasteiger partial charge in [-0.2, -0.15) is 10.5 Å². The number of hydrogen-bond acceptors (Lipinski definition) is 2. The Kier molecular flexibility index (Phi) is 6.56. The Hall–Kier alpha value is -7.39. The van der Waals surface area contributed by atoms with Crippen molar-refractivity contribution >= 4 is 49.3 Å². The number of para-hydroxylation sites is 3. The zero-order chi connectivity index (χ0) is 33.8. The molecule has 0 bridgehead atoms. The fourth-order valence-electron chi connectivity index (χ4n) is 7.52. The van der Waals surface area contributed by atoms with E-state index in [2.05, 4.69) is 98.9 Å². The predicted molar refractivity (Wildman–Crippen MR) is 202 cm³/mol. The topological polar surface area (TPSA) is 61.8 Å². The lowest BCUT2D eigenvalue weighted by Crippen LogP contribution is -1.98. The molecule has 50 heavy (non-hydrogen) atoms. The van der Waals surface area contributed by atoms with Gasteiger partial charge in [-0.3, -0.25) is 0 Å². The average Bonchev–Trinajstić information content (AvgIpc) is 3.70. The van der Waals surface area contributed by atoms with E-state index in [-0.39, 0.29) is 0 Å². The number of nitriles is 2. The van der Waals surface area contributed by atoms with Crippen molar-refractivity contribution in [1.82, 2.24) is 9.13 Å². The molecule has 0 fully saturated rings. The number of hydrogen-bond donors (Lipinski definition) is 0. The van der Waals surface area contributed by atoms with Crippen LogP contribution in [0.3, 0.4) is 0 Å². The van der Waals surface area contributed by atoms with Gasteiger partial charge in [-0.15, -0.1) is 0 Å². The molecule has 0 spiro atoms. The van der Waals surface area contributed by atoms with Crippen LogP contribution < -0.4 is 0 Å². The summed E-state index contributed by atoms with van der Waals surface area (Å²) in [6, 6.07) is 55.4. The number of nitrogens with zero attached hydrogens (tertiary/aromatic N) is 5. The fraction of sp³-hybridized carbons (Fsp3) is 0. The second-order valence-electron chi connectivity index (χ2n) is 12.2. The monoisotopic (exact) mass is 635 g/mol. The quantitative estimate of drug-likeness (QED) is 0.181. The molecule has 0 atom stereocenters. The summed E-state index contributed by atoms with van der Waals surface area (Å²) in [5.41, 5.74) is 11.5. The van der Waals surface area contributed by atoms with E-state index in [1.165, 1.54) is 0 Å².